The summed E-state index contributed by atoms with van der Waals surface area (Å²) in [4.78, 5) is 14.9. The summed E-state index contributed by atoms with van der Waals surface area (Å²) in [6.07, 6.45) is 0.0682. The molecule has 5 rings (SSSR count). The topological polar surface area (TPSA) is 81.0 Å². The molecule has 7 heteroatoms. The van der Waals surface area contributed by atoms with E-state index < -0.39 is 12.1 Å². The summed E-state index contributed by atoms with van der Waals surface area (Å²) in [5.41, 5.74) is 3.45. The van der Waals surface area contributed by atoms with Gasteiger partial charge >= 0.3 is 0 Å². The molecule has 0 saturated carbocycles. The Balaban J connectivity index is 1.46. The van der Waals surface area contributed by atoms with Gasteiger partial charge < -0.3 is 15.3 Å². The molecule has 1 amide bonds. The Morgan fingerprint density at radius 3 is 2.30 bits per heavy atom. The fourth-order valence-corrected chi connectivity index (χ4v) is 6.02. The van der Waals surface area contributed by atoms with Crippen LogP contribution in [0.25, 0.3) is 11.1 Å². The number of nitrogens with zero attached hydrogens (tertiary/aromatic N) is 1. The van der Waals surface area contributed by atoms with Crippen LogP contribution in [0.1, 0.15) is 36.1 Å². The molecule has 1 heterocycles. The van der Waals surface area contributed by atoms with Gasteiger partial charge in [-0.3, -0.25) is 9.69 Å². The molecule has 0 radical (unpaired) electrons. The standard InChI is InChI=1S/C30H26FNO4S/c31-22-12-9-19(10-13-22)26(34)15-16-28-29(32(30(36)37-28)23-6-2-1-3-7-23)25-14-11-21(18-27(25)35)20-5-4-8-24(33)17-20/h1-14,17-18,26,28-29,33-35H,15-16H2/t26?,28-,29-/m1/s1. The Bertz CT molecular complexity index is 1400. The number of aromatic hydroxyl groups is 2. The average molecular weight is 516 g/mol. The van der Waals surface area contributed by atoms with E-state index in [2.05, 4.69) is 0 Å². The summed E-state index contributed by atoms with van der Waals surface area (Å²) >= 11 is 1.19. The molecule has 4 aromatic rings. The number of para-hydroxylation sites is 1. The van der Waals surface area contributed by atoms with Crippen LogP contribution in [-0.2, 0) is 0 Å². The third-order valence-electron chi connectivity index (χ3n) is 6.62. The Kier molecular flexibility index (Phi) is 7.17. The molecular weight excluding hydrogens is 489 g/mol. The van der Waals surface area contributed by atoms with Gasteiger partial charge in [-0.2, -0.15) is 0 Å². The molecular formula is C30H26FNO4S. The summed E-state index contributed by atoms with van der Waals surface area (Å²) in [7, 11) is 0. The number of carbonyl (C=O) groups is 1. The molecule has 1 saturated heterocycles. The first-order valence-corrected chi connectivity index (χ1v) is 12.9. The van der Waals surface area contributed by atoms with Crippen molar-refractivity contribution in [1.82, 2.24) is 0 Å². The average Bonchev–Trinajstić information content (AvgIpc) is 3.23. The van der Waals surface area contributed by atoms with Crippen LogP contribution in [0.5, 0.6) is 11.5 Å². The van der Waals surface area contributed by atoms with Gasteiger partial charge in [-0.25, -0.2) is 4.39 Å². The third-order valence-corrected chi connectivity index (χ3v) is 7.82. The summed E-state index contributed by atoms with van der Waals surface area (Å²) in [6, 6.07) is 26.7. The van der Waals surface area contributed by atoms with E-state index in [1.54, 1.807) is 41.3 Å². The van der Waals surface area contributed by atoms with Gasteiger partial charge in [0, 0.05) is 16.5 Å². The number of aliphatic hydroxyl groups is 1. The Morgan fingerprint density at radius 2 is 1.59 bits per heavy atom. The van der Waals surface area contributed by atoms with Gasteiger partial charge in [0.05, 0.1) is 12.1 Å². The van der Waals surface area contributed by atoms with Crippen molar-refractivity contribution in [3.8, 4) is 22.6 Å². The maximum Gasteiger partial charge on any atom is 0.287 e. The van der Waals surface area contributed by atoms with E-state index in [4.69, 9.17) is 0 Å². The zero-order chi connectivity index (χ0) is 25.9. The van der Waals surface area contributed by atoms with Crippen molar-refractivity contribution in [3.05, 3.63) is 114 Å². The molecule has 0 aromatic heterocycles. The highest BCUT2D eigenvalue weighted by Crippen LogP contribution is 2.49. The van der Waals surface area contributed by atoms with Crippen molar-refractivity contribution < 1.29 is 24.5 Å². The van der Waals surface area contributed by atoms with Gasteiger partial charge in [-0.05, 0) is 72.0 Å². The Morgan fingerprint density at radius 1 is 0.865 bits per heavy atom. The van der Waals surface area contributed by atoms with Gasteiger partial charge in [0.2, 0.25) is 0 Å². The number of amides is 1. The van der Waals surface area contributed by atoms with E-state index >= 15 is 0 Å². The van der Waals surface area contributed by atoms with Gasteiger partial charge in [0.25, 0.3) is 5.24 Å². The molecule has 1 fully saturated rings. The minimum Gasteiger partial charge on any atom is -0.508 e. The van der Waals surface area contributed by atoms with E-state index in [0.717, 1.165) is 16.8 Å². The number of hydrogen-bond acceptors (Lipinski definition) is 5. The normalized spacial score (nSPS) is 18.2. The van der Waals surface area contributed by atoms with Crippen molar-refractivity contribution in [3.63, 3.8) is 0 Å². The lowest BCUT2D eigenvalue weighted by Crippen LogP contribution is -2.29. The number of phenols is 2. The predicted molar refractivity (Wildman–Crippen MR) is 144 cm³/mol. The minimum atomic E-state index is -0.801. The molecule has 3 N–H and O–H groups in total. The zero-order valence-electron chi connectivity index (χ0n) is 19.9. The SMILES string of the molecule is O=C1S[C@H](CCC(O)c2ccc(F)cc2)[C@@H](c2ccc(-c3cccc(O)c3)cc2O)N1c1ccccc1. The number of thioether (sulfide) groups is 1. The van der Waals surface area contributed by atoms with Crippen LogP contribution in [0.2, 0.25) is 0 Å². The number of halogens is 1. The Hall–Kier alpha value is -3.81. The molecule has 5 nitrogen and oxygen atoms in total. The van der Waals surface area contributed by atoms with Gasteiger partial charge in [-0.15, -0.1) is 0 Å². The molecule has 37 heavy (non-hydrogen) atoms. The number of rotatable bonds is 7. The maximum atomic E-state index is 13.3. The third kappa shape index (κ3) is 5.33. The van der Waals surface area contributed by atoms with Gasteiger partial charge in [-0.1, -0.05) is 66.4 Å². The molecule has 1 unspecified atom stereocenters. The molecule has 0 aliphatic carbocycles. The van der Waals surface area contributed by atoms with E-state index in [-0.39, 0.29) is 27.8 Å². The van der Waals surface area contributed by atoms with E-state index in [1.165, 1.54) is 23.9 Å². The highest BCUT2D eigenvalue weighted by atomic mass is 32.2. The first-order valence-electron chi connectivity index (χ1n) is 12.0. The van der Waals surface area contributed by atoms with Gasteiger partial charge in [0.15, 0.2) is 0 Å². The highest BCUT2D eigenvalue weighted by molar-refractivity contribution is 8.14. The van der Waals surface area contributed by atoms with Crippen LogP contribution in [0.15, 0.2) is 97.1 Å². The molecule has 3 atom stereocenters. The number of hydrogen-bond donors (Lipinski definition) is 3. The Labute approximate surface area is 218 Å². The fraction of sp³-hybridized carbons (Fsp3) is 0.167. The van der Waals surface area contributed by atoms with Crippen molar-refractivity contribution >= 4 is 22.7 Å². The number of carbonyl (C=O) groups excluding carboxylic acids is 1. The first kappa shape index (κ1) is 24.9. The summed E-state index contributed by atoms with van der Waals surface area (Å²) < 4.78 is 13.3. The second-order valence-electron chi connectivity index (χ2n) is 9.04. The van der Waals surface area contributed by atoms with Crippen LogP contribution in [0.3, 0.4) is 0 Å². The van der Waals surface area contributed by atoms with Crippen LogP contribution in [-0.4, -0.2) is 25.8 Å². The van der Waals surface area contributed by atoms with Crippen LogP contribution < -0.4 is 4.90 Å². The van der Waals surface area contributed by atoms with Crippen LogP contribution in [0.4, 0.5) is 14.9 Å². The lowest BCUT2D eigenvalue weighted by atomic mass is 9.93. The summed E-state index contributed by atoms with van der Waals surface area (Å²) in [5, 5.41) is 31.3. The minimum absolute atomic E-state index is 0.0474. The van der Waals surface area contributed by atoms with Crippen molar-refractivity contribution in [2.24, 2.45) is 0 Å². The molecule has 188 valence electrons. The van der Waals surface area contributed by atoms with Gasteiger partial charge in [0.1, 0.15) is 17.3 Å². The summed E-state index contributed by atoms with van der Waals surface area (Å²) in [6.45, 7) is 0. The molecule has 0 bridgehead atoms. The van der Waals surface area contributed by atoms with Crippen LogP contribution in [0, 0.1) is 5.82 Å². The molecule has 1 aliphatic rings. The smallest absolute Gasteiger partial charge is 0.287 e. The molecule has 4 aromatic carbocycles. The maximum absolute atomic E-state index is 13.3. The number of phenolic OH excluding ortho intramolecular Hbond substituents is 2. The van der Waals surface area contributed by atoms with E-state index in [0.29, 0.717) is 24.0 Å². The molecule has 1 aliphatic heterocycles. The monoisotopic (exact) mass is 515 g/mol. The number of benzene rings is 4. The fourth-order valence-electron chi connectivity index (χ4n) is 4.77. The van der Waals surface area contributed by atoms with Crippen LogP contribution >= 0.6 is 11.8 Å². The first-order chi connectivity index (χ1) is 17.9. The number of aliphatic hydroxyl groups excluding tert-OH is 1. The lowest BCUT2D eigenvalue weighted by molar-refractivity contribution is 0.163. The van der Waals surface area contributed by atoms with Crippen molar-refractivity contribution in [2.45, 2.75) is 30.2 Å². The number of anilines is 1. The second-order valence-corrected chi connectivity index (χ2v) is 10.2. The van der Waals surface area contributed by atoms with E-state index in [1.807, 2.05) is 48.5 Å². The predicted octanol–water partition coefficient (Wildman–Crippen LogP) is 7.20. The molecule has 0 spiro atoms. The quantitative estimate of drug-likeness (QED) is 0.242. The second kappa shape index (κ2) is 10.7. The zero-order valence-corrected chi connectivity index (χ0v) is 20.7. The van der Waals surface area contributed by atoms with E-state index in [9.17, 15) is 24.5 Å². The summed E-state index contributed by atoms with van der Waals surface area (Å²) in [5.74, 6) is -0.184. The largest absolute Gasteiger partial charge is 0.508 e. The van der Waals surface area contributed by atoms with Crippen molar-refractivity contribution in [1.29, 1.82) is 0 Å². The van der Waals surface area contributed by atoms with Crippen molar-refractivity contribution in [2.75, 3.05) is 4.90 Å². The highest BCUT2D eigenvalue weighted by Gasteiger charge is 2.43. The lowest BCUT2D eigenvalue weighted by Gasteiger charge is -2.29.